The highest BCUT2D eigenvalue weighted by Crippen LogP contribution is 2.29. The zero-order chi connectivity index (χ0) is 21.2. The second kappa shape index (κ2) is 10.9. The molecular weight excluding hydrogens is 380 g/mol. The van der Waals surface area contributed by atoms with E-state index >= 15 is 0 Å². The van der Waals surface area contributed by atoms with Crippen LogP contribution in [-0.2, 0) is 13.0 Å². The molecule has 1 amide bonds. The number of hydrogen-bond donors (Lipinski definition) is 2. The lowest BCUT2D eigenvalue weighted by Crippen LogP contribution is -2.24. The van der Waals surface area contributed by atoms with Gasteiger partial charge in [-0.15, -0.1) is 0 Å². The van der Waals surface area contributed by atoms with Crippen LogP contribution >= 0.6 is 0 Å². The number of aromatic hydroxyl groups is 1. The van der Waals surface area contributed by atoms with Crippen LogP contribution in [-0.4, -0.2) is 29.1 Å². The molecule has 0 saturated carbocycles. The van der Waals surface area contributed by atoms with Crippen molar-refractivity contribution in [3.63, 3.8) is 0 Å². The predicted molar refractivity (Wildman–Crippen MR) is 115 cm³/mol. The molecule has 6 nitrogen and oxygen atoms in total. The van der Waals surface area contributed by atoms with Crippen molar-refractivity contribution in [1.29, 1.82) is 0 Å². The van der Waals surface area contributed by atoms with Crippen molar-refractivity contribution >= 4 is 5.91 Å². The average Bonchev–Trinajstić information content (AvgIpc) is 2.78. The number of carbonyl (C=O) groups excluding carboxylic acids is 1. The van der Waals surface area contributed by atoms with E-state index in [9.17, 15) is 9.90 Å². The summed E-state index contributed by atoms with van der Waals surface area (Å²) in [5.41, 5.74) is 2.65. The monoisotopic (exact) mass is 406 g/mol. The predicted octanol–water partition coefficient (Wildman–Crippen LogP) is 4.13. The number of benzene rings is 2. The van der Waals surface area contributed by atoms with E-state index in [2.05, 4.69) is 10.3 Å². The smallest absolute Gasteiger partial charge is 0.251 e. The van der Waals surface area contributed by atoms with Crippen molar-refractivity contribution in [2.24, 2.45) is 0 Å². The normalized spacial score (nSPS) is 10.4. The van der Waals surface area contributed by atoms with Gasteiger partial charge in [0, 0.05) is 24.5 Å². The maximum absolute atomic E-state index is 12.5. The Morgan fingerprint density at radius 1 is 0.967 bits per heavy atom. The summed E-state index contributed by atoms with van der Waals surface area (Å²) in [6.45, 7) is 3.32. The molecular formula is C24H26N2O4. The Hall–Kier alpha value is -3.54. The Morgan fingerprint density at radius 3 is 2.47 bits per heavy atom. The average molecular weight is 406 g/mol. The fourth-order valence-corrected chi connectivity index (χ4v) is 2.94. The summed E-state index contributed by atoms with van der Waals surface area (Å²) in [6.07, 6.45) is 5.07. The Labute approximate surface area is 176 Å². The maximum atomic E-state index is 12.5. The van der Waals surface area contributed by atoms with Crippen molar-refractivity contribution in [2.75, 3.05) is 13.2 Å². The number of ether oxygens (including phenoxy) is 2. The Kier molecular flexibility index (Phi) is 7.66. The van der Waals surface area contributed by atoms with E-state index < -0.39 is 0 Å². The minimum Gasteiger partial charge on any atom is -0.508 e. The van der Waals surface area contributed by atoms with Gasteiger partial charge in [-0.3, -0.25) is 9.78 Å². The molecule has 0 radical (unpaired) electrons. The topological polar surface area (TPSA) is 80.7 Å². The molecule has 1 aromatic heterocycles. The number of pyridine rings is 1. The molecule has 6 heteroatoms. The standard InChI is InChI=1S/C24H26N2O4/c1-2-29-23-16-20(7-10-22(23)30-17-19-11-14-25-15-12-19)24(28)26-13-3-4-18-5-8-21(27)9-6-18/h5-12,14-16,27H,2-4,13,17H2,1H3,(H,26,28). The van der Waals surface area contributed by atoms with Crippen molar-refractivity contribution < 1.29 is 19.4 Å². The van der Waals surface area contributed by atoms with E-state index in [0.29, 0.717) is 36.8 Å². The number of phenols is 1. The van der Waals surface area contributed by atoms with Crippen LogP contribution in [0.1, 0.15) is 34.8 Å². The first kappa shape index (κ1) is 21.2. The van der Waals surface area contributed by atoms with Gasteiger partial charge in [0.1, 0.15) is 12.4 Å². The molecule has 0 bridgehead atoms. The van der Waals surface area contributed by atoms with Gasteiger partial charge in [-0.2, -0.15) is 0 Å². The van der Waals surface area contributed by atoms with Crippen LogP contribution in [0.2, 0.25) is 0 Å². The fourth-order valence-electron chi connectivity index (χ4n) is 2.94. The number of aromatic nitrogens is 1. The summed E-state index contributed by atoms with van der Waals surface area (Å²) >= 11 is 0. The Bertz CT molecular complexity index is 943. The third-order valence-electron chi connectivity index (χ3n) is 4.51. The van der Waals surface area contributed by atoms with Gasteiger partial charge in [-0.05, 0) is 73.4 Å². The van der Waals surface area contributed by atoms with Gasteiger partial charge in [-0.25, -0.2) is 0 Å². The van der Waals surface area contributed by atoms with E-state index in [-0.39, 0.29) is 11.7 Å². The second-order valence-corrected chi connectivity index (χ2v) is 6.76. The van der Waals surface area contributed by atoms with E-state index in [1.54, 1.807) is 42.7 Å². The highest BCUT2D eigenvalue weighted by atomic mass is 16.5. The quantitative estimate of drug-likeness (QED) is 0.495. The van der Waals surface area contributed by atoms with Gasteiger partial charge in [0.05, 0.1) is 6.61 Å². The molecule has 0 aliphatic rings. The highest BCUT2D eigenvalue weighted by molar-refractivity contribution is 5.94. The molecule has 0 atom stereocenters. The zero-order valence-corrected chi connectivity index (χ0v) is 17.0. The summed E-state index contributed by atoms with van der Waals surface area (Å²) in [5, 5.41) is 12.3. The maximum Gasteiger partial charge on any atom is 0.251 e. The number of amides is 1. The first-order valence-corrected chi connectivity index (χ1v) is 10.0. The first-order chi connectivity index (χ1) is 14.7. The molecule has 1 heterocycles. The van der Waals surface area contributed by atoms with Crippen molar-refractivity contribution in [3.8, 4) is 17.2 Å². The molecule has 30 heavy (non-hydrogen) atoms. The SMILES string of the molecule is CCOc1cc(C(=O)NCCCc2ccc(O)cc2)ccc1OCc1ccncc1. The second-order valence-electron chi connectivity index (χ2n) is 6.76. The van der Waals surface area contributed by atoms with E-state index in [1.165, 1.54) is 0 Å². The van der Waals surface area contributed by atoms with E-state index in [4.69, 9.17) is 9.47 Å². The number of aryl methyl sites for hydroxylation is 1. The van der Waals surface area contributed by atoms with Crippen LogP contribution in [0.15, 0.2) is 67.0 Å². The summed E-state index contributed by atoms with van der Waals surface area (Å²) < 4.78 is 11.5. The van der Waals surface area contributed by atoms with Crippen LogP contribution in [0, 0.1) is 0 Å². The van der Waals surface area contributed by atoms with Crippen LogP contribution < -0.4 is 14.8 Å². The van der Waals surface area contributed by atoms with Crippen LogP contribution in [0.4, 0.5) is 0 Å². The third kappa shape index (κ3) is 6.24. The lowest BCUT2D eigenvalue weighted by atomic mass is 10.1. The molecule has 3 aromatic rings. The summed E-state index contributed by atoms with van der Waals surface area (Å²) in [6, 6.07) is 16.1. The number of carbonyl (C=O) groups is 1. The number of hydrogen-bond acceptors (Lipinski definition) is 5. The fraction of sp³-hybridized carbons (Fsp3) is 0.250. The van der Waals surface area contributed by atoms with Gasteiger partial charge in [0.2, 0.25) is 0 Å². The zero-order valence-electron chi connectivity index (χ0n) is 17.0. The first-order valence-electron chi connectivity index (χ1n) is 10.0. The Balaban J connectivity index is 1.54. The molecule has 3 rings (SSSR count). The molecule has 2 aromatic carbocycles. The number of nitrogens with one attached hydrogen (secondary N) is 1. The van der Waals surface area contributed by atoms with E-state index in [0.717, 1.165) is 24.0 Å². The van der Waals surface area contributed by atoms with Gasteiger partial charge >= 0.3 is 0 Å². The number of rotatable bonds is 10. The lowest BCUT2D eigenvalue weighted by molar-refractivity contribution is 0.0952. The molecule has 0 fully saturated rings. The summed E-state index contributed by atoms with van der Waals surface area (Å²) in [4.78, 5) is 16.5. The molecule has 0 unspecified atom stereocenters. The molecule has 2 N–H and O–H groups in total. The molecule has 156 valence electrons. The molecule has 0 aliphatic heterocycles. The van der Waals surface area contributed by atoms with Crippen molar-refractivity contribution in [1.82, 2.24) is 10.3 Å². The highest BCUT2D eigenvalue weighted by Gasteiger charge is 2.12. The van der Waals surface area contributed by atoms with E-state index in [1.807, 2.05) is 31.2 Å². The number of phenolic OH excluding ortho intramolecular Hbond substituents is 1. The van der Waals surface area contributed by atoms with Crippen molar-refractivity contribution in [3.05, 3.63) is 83.7 Å². The Morgan fingerprint density at radius 2 is 1.73 bits per heavy atom. The largest absolute Gasteiger partial charge is 0.508 e. The molecule has 0 aliphatic carbocycles. The van der Waals surface area contributed by atoms with Gasteiger partial charge in [0.15, 0.2) is 11.5 Å². The minimum absolute atomic E-state index is 0.151. The van der Waals surface area contributed by atoms with Gasteiger partial charge in [-0.1, -0.05) is 12.1 Å². The van der Waals surface area contributed by atoms with Gasteiger partial charge in [0.25, 0.3) is 5.91 Å². The van der Waals surface area contributed by atoms with Crippen molar-refractivity contribution in [2.45, 2.75) is 26.4 Å². The molecule has 0 spiro atoms. The van der Waals surface area contributed by atoms with Crippen LogP contribution in [0.5, 0.6) is 17.2 Å². The van der Waals surface area contributed by atoms with Crippen LogP contribution in [0.25, 0.3) is 0 Å². The summed E-state index contributed by atoms with van der Waals surface area (Å²) in [5.74, 6) is 1.24. The van der Waals surface area contributed by atoms with Gasteiger partial charge < -0.3 is 19.9 Å². The lowest BCUT2D eigenvalue weighted by Gasteiger charge is -2.13. The van der Waals surface area contributed by atoms with Crippen LogP contribution in [0.3, 0.4) is 0 Å². The summed E-state index contributed by atoms with van der Waals surface area (Å²) in [7, 11) is 0. The number of nitrogens with zero attached hydrogens (tertiary/aromatic N) is 1. The molecule has 0 saturated heterocycles. The minimum atomic E-state index is -0.151. The third-order valence-corrected chi connectivity index (χ3v) is 4.51.